The SMILES string of the molecule is CCN=c1cc2oc3cc(N4CCCCC4)ccc3nc-2cc1C. The lowest BCUT2D eigenvalue weighted by atomic mass is 10.1. The van der Waals surface area contributed by atoms with Gasteiger partial charge in [0.1, 0.15) is 11.2 Å². The topological polar surface area (TPSA) is 41.6 Å². The molecule has 4 nitrogen and oxygen atoms in total. The van der Waals surface area contributed by atoms with Gasteiger partial charge in [0, 0.05) is 37.5 Å². The standard InChI is InChI=1S/C20H23N3O/c1-3-21-17-13-20-18(11-14(17)2)22-16-8-7-15(12-19(16)24-20)23-9-5-4-6-10-23/h7-8,11-13H,3-6,9-10H2,1-2H3. The number of rotatable bonds is 2. The Morgan fingerprint density at radius 3 is 2.75 bits per heavy atom. The van der Waals surface area contributed by atoms with Crippen molar-refractivity contribution in [3.05, 3.63) is 41.3 Å². The summed E-state index contributed by atoms with van der Waals surface area (Å²) in [5.74, 6) is 0.802. The van der Waals surface area contributed by atoms with Crippen LogP contribution in [0.2, 0.25) is 0 Å². The fourth-order valence-electron chi connectivity index (χ4n) is 3.45. The van der Waals surface area contributed by atoms with Gasteiger partial charge in [0.2, 0.25) is 0 Å². The molecule has 4 rings (SSSR count). The molecule has 1 aromatic carbocycles. The Hall–Kier alpha value is -2.36. The lowest BCUT2D eigenvalue weighted by Crippen LogP contribution is -2.29. The van der Waals surface area contributed by atoms with E-state index in [2.05, 4.69) is 41.1 Å². The summed E-state index contributed by atoms with van der Waals surface area (Å²) in [6, 6.07) is 10.4. The smallest absolute Gasteiger partial charge is 0.155 e. The molecule has 0 aromatic heterocycles. The summed E-state index contributed by atoms with van der Waals surface area (Å²) in [6.07, 6.45) is 3.88. The van der Waals surface area contributed by atoms with Crippen molar-refractivity contribution in [1.82, 2.24) is 4.98 Å². The number of benzene rings is 2. The number of aromatic nitrogens is 1. The molecule has 0 radical (unpaired) electrons. The lowest BCUT2D eigenvalue weighted by molar-refractivity contribution is 0.576. The van der Waals surface area contributed by atoms with Gasteiger partial charge in [0.05, 0.1) is 5.36 Å². The van der Waals surface area contributed by atoms with Crippen LogP contribution >= 0.6 is 0 Å². The lowest BCUT2D eigenvalue weighted by Gasteiger charge is -2.28. The van der Waals surface area contributed by atoms with Gasteiger partial charge in [-0.05, 0) is 56.9 Å². The average Bonchev–Trinajstić information content (AvgIpc) is 2.61. The molecule has 0 unspecified atom stereocenters. The first-order valence-corrected chi connectivity index (χ1v) is 8.85. The molecule has 0 atom stereocenters. The molecule has 2 heterocycles. The molecular weight excluding hydrogens is 298 g/mol. The largest absolute Gasteiger partial charge is 0.453 e. The maximum atomic E-state index is 6.17. The van der Waals surface area contributed by atoms with Gasteiger partial charge in [-0.25, -0.2) is 4.98 Å². The van der Waals surface area contributed by atoms with Gasteiger partial charge in [-0.15, -0.1) is 0 Å². The Labute approximate surface area is 142 Å². The summed E-state index contributed by atoms with van der Waals surface area (Å²) < 4.78 is 6.17. The van der Waals surface area contributed by atoms with Crippen LogP contribution in [0.1, 0.15) is 31.7 Å². The van der Waals surface area contributed by atoms with E-state index in [4.69, 9.17) is 9.40 Å². The number of aryl methyl sites for hydroxylation is 1. The van der Waals surface area contributed by atoms with E-state index in [-0.39, 0.29) is 0 Å². The summed E-state index contributed by atoms with van der Waals surface area (Å²) >= 11 is 0. The van der Waals surface area contributed by atoms with Gasteiger partial charge in [0.25, 0.3) is 0 Å². The molecule has 0 N–H and O–H groups in total. The van der Waals surface area contributed by atoms with Gasteiger partial charge in [0.15, 0.2) is 11.3 Å². The second-order valence-electron chi connectivity index (χ2n) is 6.49. The molecule has 0 amide bonds. The van der Waals surface area contributed by atoms with E-state index in [0.29, 0.717) is 0 Å². The van der Waals surface area contributed by atoms with Crippen molar-refractivity contribution < 1.29 is 4.42 Å². The second-order valence-corrected chi connectivity index (χ2v) is 6.49. The van der Waals surface area contributed by atoms with Crippen LogP contribution in [-0.2, 0) is 0 Å². The summed E-state index contributed by atoms with van der Waals surface area (Å²) in [5, 5.41) is 0.988. The Morgan fingerprint density at radius 2 is 1.96 bits per heavy atom. The predicted molar refractivity (Wildman–Crippen MR) is 97.5 cm³/mol. The number of nitrogens with zero attached hydrogens (tertiary/aromatic N) is 3. The van der Waals surface area contributed by atoms with Crippen LogP contribution in [0.3, 0.4) is 0 Å². The highest BCUT2D eigenvalue weighted by Gasteiger charge is 2.14. The molecule has 1 aromatic rings. The van der Waals surface area contributed by atoms with Crippen LogP contribution in [0.15, 0.2) is 39.7 Å². The minimum absolute atomic E-state index is 0.770. The van der Waals surface area contributed by atoms with E-state index in [1.807, 2.05) is 13.0 Å². The van der Waals surface area contributed by atoms with Crippen molar-refractivity contribution in [1.29, 1.82) is 0 Å². The fraction of sp³-hybridized carbons (Fsp3) is 0.400. The number of hydrogen-bond donors (Lipinski definition) is 0. The van der Waals surface area contributed by atoms with Gasteiger partial charge < -0.3 is 9.32 Å². The highest BCUT2D eigenvalue weighted by Crippen LogP contribution is 2.28. The number of fused-ring (bicyclic) bond motifs is 2. The third-order valence-electron chi connectivity index (χ3n) is 4.73. The highest BCUT2D eigenvalue weighted by atomic mass is 16.3. The molecule has 4 heteroatoms. The molecule has 24 heavy (non-hydrogen) atoms. The molecule has 1 saturated heterocycles. The third-order valence-corrected chi connectivity index (χ3v) is 4.73. The third kappa shape index (κ3) is 2.77. The zero-order valence-corrected chi connectivity index (χ0v) is 14.4. The molecular formula is C20H23N3O. The Balaban J connectivity index is 1.84. The van der Waals surface area contributed by atoms with Crippen molar-refractivity contribution in [2.75, 3.05) is 24.5 Å². The first kappa shape index (κ1) is 15.2. The maximum Gasteiger partial charge on any atom is 0.155 e. The van der Waals surface area contributed by atoms with Crippen LogP contribution in [0.5, 0.6) is 0 Å². The molecule has 124 valence electrons. The van der Waals surface area contributed by atoms with Crippen LogP contribution in [-0.4, -0.2) is 24.6 Å². The first-order chi connectivity index (χ1) is 11.7. The molecule has 1 aliphatic carbocycles. The fourth-order valence-corrected chi connectivity index (χ4v) is 3.45. The van der Waals surface area contributed by atoms with E-state index in [1.165, 1.54) is 24.9 Å². The first-order valence-electron chi connectivity index (χ1n) is 8.85. The van der Waals surface area contributed by atoms with Crippen LogP contribution in [0.4, 0.5) is 5.69 Å². The Bertz CT molecular complexity index is 907. The summed E-state index contributed by atoms with van der Waals surface area (Å²) in [7, 11) is 0. The zero-order valence-electron chi connectivity index (χ0n) is 14.4. The van der Waals surface area contributed by atoms with Crippen molar-refractivity contribution in [3.8, 4) is 11.5 Å². The monoisotopic (exact) mass is 321 g/mol. The van der Waals surface area contributed by atoms with Gasteiger partial charge >= 0.3 is 0 Å². The van der Waals surface area contributed by atoms with E-state index in [9.17, 15) is 0 Å². The summed E-state index contributed by atoms with van der Waals surface area (Å²) in [5.41, 5.74) is 5.01. The summed E-state index contributed by atoms with van der Waals surface area (Å²) in [4.78, 5) is 11.7. The van der Waals surface area contributed by atoms with Crippen molar-refractivity contribution in [3.63, 3.8) is 0 Å². The average molecular weight is 321 g/mol. The number of hydrogen-bond acceptors (Lipinski definition) is 4. The molecule has 1 fully saturated rings. The number of piperidine rings is 1. The minimum atomic E-state index is 0.770. The normalized spacial score (nSPS) is 16.2. The van der Waals surface area contributed by atoms with Crippen molar-refractivity contribution in [2.24, 2.45) is 4.99 Å². The van der Waals surface area contributed by atoms with E-state index in [1.54, 1.807) is 0 Å². The van der Waals surface area contributed by atoms with Crippen molar-refractivity contribution in [2.45, 2.75) is 33.1 Å². The molecule has 0 bridgehead atoms. The quantitative estimate of drug-likeness (QED) is 0.666. The maximum absolute atomic E-state index is 6.17. The minimum Gasteiger partial charge on any atom is -0.453 e. The van der Waals surface area contributed by atoms with Crippen molar-refractivity contribution >= 4 is 16.8 Å². The van der Waals surface area contributed by atoms with Crippen LogP contribution < -0.4 is 10.3 Å². The second kappa shape index (κ2) is 6.27. The summed E-state index contributed by atoms with van der Waals surface area (Å²) in [6.45, 7) is 7.15. The van der Waals surface area contributed by atoms with E-state index in [0.717, 1.165) is 53.1 Å². The zero-order chi connectivity index (χ0) is 16.5. The van der Waals surface area contributed by atoms with E-state index >= 15 is 0 Å². The van der Waals surface area contributed by atoms with Crippen LogP contribution in [0.25, 0.3) is 22.6 Å². The highest BCUT2D eigenvalue weighted by molar-refractivity contribution is 5.80. The Kier molecular flexibility index (Phi) is 3.97. The van der Waals surface area contributed by atoms with Gasteiger partial charge in [-0.3, -0.25) is 4.99 Å². The van der Waals surface area contributed by atoms with E-state index < -0.39 is 0 Å². The molecule has 0 spiro atoms. The molecule has 3 aliphatic rings. The van der Waals surface area contributed by atoms with Gasteiger partial charge in [-0.2, -0.15) is 0 Å². The predicted octanol–water partition coefficient (Wildman–Crippen LogP) is 4.15. The number of anilines is 1. The van der Waals surface area contributed by atoms with Crippen LogP contribution in [0, 0.1) is 6.92 Å². The van der Waals surface area contributed by atoms with Gasteiger partial charge in [-0.1, -0.05) is 0 Å². The Morgan fingerprint density at radius 1 is 1.12 bits per heavy atom. The molecule has 0 saturated carbocycles. The molecule has 2 aliphatic heterocycles.